The molecule has 1 saturated carbocycles. The Kier molecular flexibility index (Phi) is 2.62. The van der Waals surface area contributed by atoms with Crippen molar-refractivity contribution in [3.8, 4) is 0 Å². The summed E-state index contributed by atoms with van der Waals surface area (Å²) in [7, 11) is 0. The summed E-state index contributed by atoms with van der Waals surface area (Å²) in [5.74, 6) is 0.495. The number of carbonyl (C=O) groups excluding carboxylic acids is 1. The van der Waals surface area contributed by atoms with Crippen molar-refractivity contribution in [3.05, 3.63) is 24.3 Å². The molecule has 0 atom stereocenters. The maximum absolute atomic E-state index is 11.9. The minimum Gasteiger partial charge on any atom is -0.399 e. The van der Waals surface area contributed by atoms with Gasteiger partial charge in [-0.05, 0) is 38.0 Å². The van der Waals surface area contributed by atoms with Crippen molar-refractivity contribution in [1.29, 1.82) is 0 Å². The molecule has 15 heavy (non-hydrogen) atoms. The van der Waals surface area contributed by atoms with Gasteiger partial charge in [-0.25, -0.2) is 0 Å². The van der Waals surface area contributed by atoms with E-state index in [4.69, 9.17) is 5.73 Å². The van der Waals surface area contributed by atoms with Gasteiger partial charge in [0.1, 0.15) is 0 Å². The summed E-state index contributed by atoms with van der Waals surface area (Å²) in [6.45, 7) is 2.70. The molecule has 1 aliphatic carbocycles. The monoisotopic (exact) mass is 204 g/mol. The van der Waals surface area contributed by atoms with Gasteiger partial charge >= 0.3 is 0 Å². The summed E-state index contributed by atoms with van der Waals surface area (Å²) in [5, 5.41) is 0. The molecule has 0 aliphatic heterocycles. The Morgan fingerprint density at radius 1 is 1.53 bits per heavy atom. The molecule has 2 N–H and O–H groups in total. The molecule has 80 valence electrons. The Balaban J connectivity index is 2.21. The van der Waals surface area contributed by atoms with Crippen LogP contribution in [0.2, 0.25) is 0 Å². The summed E-state index contributed by atoms with van der Waals surface area (Å²) >= 11 is 0. The predicted octanol–water partition coefficient (Wildman–Crippen LogP) is 2.03. The fourth-order valence-electron chi connectivity index (χ4n) is 1.71. The van der Waals surface area contributed by atoms with Crippen molar-refractivity contribution in [2.24, 2.45) is 5.92 Å². The largest absolute Gasteiger partial charge is 0.399 e. The van der Waals surface area contributed by atoms with Crippen molar-refractivity contribution in [1.82, 2.24) is 0 Å². The highest BCUT2D eigenvalue weighted by atomic mass is 16.2. The van der Waals surface area contributed by atoms with Gasteiger partial charge in [0.2, 0.25) is 5.91 Å². The van der Waals surface area contributed by atoms with E-state index in [-0.39, 0.29) is 11.8 Å². The number of hydrogen-bond acceptors (Lipinski definition) is 2. The van der Waals surface area contributed by atoms with E-state index < -0.39 is 0 Å². The van der Waals surface area contributed by atoms with Crippen LogP contribution in [0.5, 0.6) is 0 Å². The molecule has 1 amide bonds. The number of nitrogens with zero attached hydrogens (tertiary/aromatic N) is 1. The molecule has 2 rings (SSSR count). The summed E-state index contributed by atoms with van der Waals surface area (Å²) < 4.78 is 0. The first-order valence-electron chi connectivity index (χ1n) is 5.39. The number of anilines is 2. The molecule has 0 heterocycles. The predicted molar refractivity (Wildman–Crippen MR) is 61.6 cm³/mol. The van der Waals surface area contributed by atoms with Gasteiger partial charge in [0, 0.05) is 23.8 Å². The van der Waals surface area contributed by atoms with Crippen LogP contribution in [0.15, 0.2) is 24.3 Å². The van der Waals surface area contributed by atoms with Crippen molar-refractivity contribution in [3.63, 3.8) is 0 Å². The molecule has 0 bridgehead atoms. The molecule has 3 heteroatoms. The fourth-order valence-corrected chi connectivity index (χ4v) is 1.71. The standard InChI is InChI=1S/C12H16N2O/c1-2-14(12(15)9-6-7-9)11-5-3-4-10(13)8-11/h3-5,8-9H,2,6-7,13H2,1H3. The number of benzene rings is 1. The number of rotatable bonds is 3. The van der Waals surface area contributed by atoms with E-state index in [9.17, 15) is 4.79 Å². The highest BCUT2D eigenvalue weighted by Gasteiger charge is 2.33. The zero-order valence-electron chi connectivity index (χ0n) is 8.94. The second-order valence-electron chi connectivity index (χ2n) is 3.95. The van der Waals surface area contributed by atoms with Crippen LogP contribution >= 0.6 is 0 Å². The lowest BCUT2D eigenvalue weighted by Gasteiger charge is -2.21. The number of nitrogen functional groups attached to an aromatic ring is 1. The Labute approximate surface area is 89.9 Å². The van der Waals surface area contributed by atoms with Crippen LogP contribution in [0.1, 0.15) is 19.8 Å². The van der Waals surface area contributed by atoms with Gasteiger partial charge in [0.25, 0.3) is 0 Å². The van der Waals surface area contributed by atoms with Crippen molar-refractivity contribution >= 4 is 17.3 Å². The van der Waals surface area contributed by atoms with Crippen LogP contribution < -0.4 is 10.6 Å². The number of amides is 1. The first kappa shape index (κ1) is 10.0. The van der Waals surface area contributed by atoms with Gasteiger partial charge in [0.15, 0.2) is 0 Å². The minimum atomic E-state index is 0.239. The lowest BCUT2D eigenvalue weighted by molar-refractivity contribution is -0.119. The quantitative estimate of drug-likeness (QED) is 0.766. The van der Waals surface area contributed by atoms with Crippen molar-refractivity contribution in [2.75, 3.05) is 17.2 Å². The number of hydrogen-bond donors (Lipinski definition) is 1. The van der Waals surface area contributed by atoms with Crippen LogP contribution in [0, 0.1) is 5.92 Å². The zero-order chi connectivity index (χ0) is 10.8. The molecule has 1 aliphatic rings. The molecule has 0 saturated heterocycles. The second-order valence-corrected chi connectivity index (χ2v) is 3.95. The molecule has 0 radical (unpaired) electrons. The summed E-state index contributed by atoms with van der Waals surface area (Å²) in [6.07, 6.45) is 2.08. The van der Waals surface area contributed by atoms with E-state index >= 15 is 0 Å². The third-order valence-corrected chi connectivity index (χ3v) is 2.69. The maximum Gasteiger partial charge on any atom is 0.230 e. The first-order chi connectivity index (χ1) is 7.22. The van der Waals surface area contributed by atoms with Gasteiger partial charge in [-0.2, -0.15) is 0 Å². The van der Waals surface area contributed by atoms with Crippen LogP contribution in [0.3, 0.4) is 0 Å². The minimum absolute atomic E-state index is 0.239. The van der Waals surface area contributed by atoms with E-state index in [0.29, 0.717) is 12.2 Å². The molecule has 0 aromatic heterocycles. The Morgan fingerprint density at radius 3 is 2.80 bits per heavy atom. The van der Waals surface area contributed by atoms with Gasteiger partial charge in [0.05, 0.1) is 0 Å². The normalized spacial score (nSPS) is 15.0. The smallest absolute Gasteiger partial charge is 0.230 e. The lowest BCUT2D eigenvalue weighted by atomic mass is 10.2. The summed E-state index contributed by atoms with van der Waals surface area (Å²) in [4.78, 5) is 13.7. The average molecular weight is 204 g/mol. The fraction of sp³-hybridized carbons (Fsp3) is 0.417. The van der Waals surface area contributed by atoms with Gasteiger partial charge in [-0.3, -0.25) is 4.79 Å². The van der Waals surface area contributed by atoms with E-state index in [1.165, 1.54) is 0 Å². The first-order valence-corrected chi connectivity index (χ1v) is 5.39. The van der Waals surface area contributed by atoms with Gasteiger partial charge in [-0.1, -0.05) is 6.07 Å². The Bertz CT molecular complexity index is 372. The highest BCUT2D eigenvalue weighted by molar-refractivity contribution is 5.96. The topological polar surface area (TPSA) is 46.3 Å². The molecular formula is C12H16N2O. The summed E-state index contributed by atoms with van der Waals surface area (Å²) in [5.41, 5.74) is 7.32. The van der Waals surface area contributed by atoms with Crippen LogP contribution in [0.4, 0.5) is 11.4 Å². The number of nitrogens with two attached hydrogens (primary N) is 1. The third kappa shape index (κ3) is 2.12. The molecule has 0 unspecified atom stereocenters. The van der Waals surface area contributed by atoms with Crippen LogP contribution in [0.25, 0.3) is 0 Å². The molecule has 0 spiro atoms. The van der Waals surface area contributed by atoms with Crippen LogP contribution in [-0.4, -0.2) is 12.5 Å². The van der Waals surface area contributed by atoms with E-state index in [1.807, 2.05) is 36.1 Å². The van der Waals surface area contributed by atoms with E-state index in [2.05, 4.69) is 0 Å². The Morgan fingerprint density at radius 2 is 2.27 bits per heavy atom. The SMILES string of the molecule is CCN(C(=O)C1CC1)c1cccc(N)c1. The van der Waals surface area contributed by atoms with Crippen molar-refractivity contribution in [2.45, 2.75) is 19.8 Å². The lowest BCUT2D eigenvalue weighted by Crippen LogP contribution is -2.31. The highest BCUT2D eigenvalue weighted by Crippen LogP contribution is 2.32. The van der Waals surface area contributed by atoms with Crippen molar-refractivity contribution < 1.29 is 4.79 Å². The molecule has 1 aromatic carbocycles. The molecular weight excluding hydrogens is 188 g/mol. The zero-order valence-corrected chi connectivity index (χ0v) is 8.94. The molecule has 1 fully saturated rings. The van der Waals surface area contributed by atoms with Gasteiger partial charge < -0.3 is 10.6 Å². The summed E-state index contributed by atoms with van der Waals surface area (Å²) in [6, 6.07) is 7.50. The third-order valence-electron chi connectivity index (χ3n) is 2.69. The molecule has 1 aromatic rings. The maximum atomic E-state index is 11.9. The Hall–Kier alpha value is -1.51. The molecule has 3 nitrogen and oxygen atoms in total. The van der Waals surface area contributed by atoms with E-state index in [0.717, 1.165) is 18.5 Å². The number of carbonyl (C=O) groups is 1. The van der Waals surface area contributed by atoms with Crippen LogP contribution in [-0.2, 0) is 4.79 Å². The van der Waals surface area contributed by atoms with Gasteiger partial charge in [-0.15, -0.1) is 0 Å². The second kappa shape index (κ2) is 3.93. The van der Waals surface area contributed by atoms with E-state index in [1.54, 1.807) is 0 Å². The average Bonchev–Trinajstić information content (AvgIpc) is 3.02.